The number of oxazole rings is 1. The van der Waals surface area contributed by atoms with Crippen LogP contribution < -0.4 is 5.32 Å². The quantitative estimate of drug-likeness (QED) is 0.485. The number of benzene rings is 2. The molecule has 0 radical (unpaired) electrons. The lowest BCUT2D eigenvalue weighted by Gasteiger charge is -2.12. The standard InChI is InChI=1S/C22H20N4O4/c1-12-4-9-18-19(10-12)30-22(25-18)17-11-23-26-20(17)15-5-7-16(8-6-15)24-21(28)13(2)29-14(3)27/h4-11,13H,1-3H3,(H,23,26)(H,24,28). The molecule has 2 aromatic carbocycles. The highest BCUT2D eigenvalue weighted by molar-refractivity contribution is 5.95. The van der Waals surface area contributed by atoms with Crippen molar-refractivity contribution < 1.29 is 18.7 Å². The minimum Gasteiger partial charge on any atom is -0.453 e. The molecule has 8 nitrogen and oxygen atoms in total. The van der Waals surface area contributed by atoms with E-state index >= 15 is 0 Å². The molecule has 1 amide bonds. The Labute approximate surface area is 172 Å². The monoisotopic (exact) mass is 404 g/mol. The van der Waals surface area contributed by atoms with Gasteiger partial charge >= 0.3 is 5.97 Å². The molecule has 1 unspecified atom stereocenters. The molecular weight excluding hydrogens is 384 g/mol. The zero-order chi connectivity index (χ0) is 21.3. The highest BCUT2D eigenvalue weighted by Crippen LogP contribution is 2.32. The first-order valence-electron chi connectivity index (χ1n) is 9.40. The summed E-state index contributed by atoms with van der Waals surface area (Å²) in [6.07, 6.45) is 0.867. The number of rotatable bonds is 5. The maximum Gasteiger partial charge on any atom is 0.303 e. The molecule has 0 aliphatic rings. The Morgan fingerprint density at radius 3 is 2.67 bits per heavy atom. The third kappa shape index (κ3) is 3.93. The van der Waals surface area contributed by atoms with Gasteiger partial charge in [0.25, 0.3) is 5.91 Å². The van der Waals surface area contributed by atoms with E-state index in [9.17, 15) is 9.59 Å². The van der Waals surface area contributed by atoms with Crippen molar-refractivity contribution in [1.82, 2.24) is 15.2 Å². The number of amides is 1. The Balaban J connectivity index is 1.56. The fraction of sp³-hybridized carbons (Fsp3) is 0.182. The number of hydrogen-bond donors (Lipinski definition) is 2. The summed E-state index contributed by atoms with van der Waals surface area (Å²) in [7, 11) is 0. The van der Waals surface area contributed by atoms with E-state index in [4.69, 9.17) is 9.15 Å². The first-order valence-corrected chi connectivity index (χ1v) is 9.40. The number of nitrogens with one attached hydrogen (secondary N) is 2. The number of nitrogens with zero attached hydrogens (tertiary/aromatic N) is 2. The van der Waals surface area contributed by atoms with Gasteiger partial charge in [-0.1, -0.05) is 18.2 Å². The molecule has 4 rings (SSSR count). The summed E-state index contributed by atoms with van der Waals surface area (Å²) >= 11 is 0. The predicted molar refractivity (Wildman–Crippen MR) is 112 cm³/mol. The maximum atomic E-state index is 12.1. The van der Waals surface area contributed by atoms with Gasteiger partial charge < -0.3 is 14.5 Å². The molecule has 0 fully saturated rings. The molecule has 0 aliphatic heterocycles. The fourth-order valence-corrected chi connectivity index (χ4v) is 3.08. The Morgan fingerprint density at radius 2 is 1.93 bits per heavy atom. The zero-order valence-corrected chi connectivity index (χ0v) is 16.7. The van der Waals surface area contributed by atoms with Crippen LogP contribution in [-0.2, 0) is 14.3 Å². The van der Waals surface area contributed by atoms with Crippen molar-refractivity contribution in [2.24, 2.45) is 0 Å². The minimum atomic E-state index is -0.872. The van der Waals surface area contributed by atoms with Gasteiger partial charge in [-0.3, -0.25) is 14.7 Å². The van der Waals surface area contributed by atoms with E-state index in [0.29, 0.717) is 17.3 Å². The number of fused-ring (bicyclic) bond motifs is 1. The molecule has 8 heteroatoms. The lowest BCUT2D eigenvalue weighted by atomic mass is 10.1. The first-order chi connectivity index (χ1) is 14.4. The highest BCUT2D eigenvalue weighted by atomic mass is 16.5. The minimum absolute atomic E-state index is 0.403. The summed E-state index contributed by atoms with van der Waals surface area (Å²) in [5.74, 6) is -0.430. The Hall–Kier alpha value is -3.94. The van der Waals surface area contributed by atoms with E-state index < -0.39 is 18.0 Å². The van der Waals surface area contributed by atoms with Gasteiger partial charge in [0, 0.05) is 24.4 Å². The van der Waals surface area contributed by atoms with Gasteiger partial charge in [-0.15, -0.1) is 0 Å². The van der Waals surface area contributed by atoms with E-state index in [1.54, 1.807) is 18.3 Å². The van der Waals surface area contributed by atoms with Crippen LogP contribution in [0.4, 0.5) is 5.69 Å². The lowest BCUT2D eigenvalue weighted by Crippen LogP contribution is -2.29. The van der Waals surface area contributed by atoms with E-state index in [0.717, 1.165) is 27.8 Å². The maximum absolute atomic E-state index is 12.1. The van der Waals surface area contributed by atoms with Crippen LogP contribution in [0.25, 0.3) is 33.8 Å². The topological polar surface area (TPSA) is 110 Å². The van der Waals surface area contributed by atoms with Crippen molar-refractivity contribution in [2.45, 2.75) is 26.9 Å². The summed E-state index contributed by atoms with van der Waals surface area (Å²) in [6.45, 7) is 4.78. The van der Waals surface area contributed by atoms with Crippen molar-refractivity contribution in [3.05, 3.63) is 54.2 Å². The van der Waals surface area contributed by atoms with Gasteiger partial charge in [0.1, 0.15) is 11.2 Å². The smallest absolute Gasteiger partial charge is 0.303 e. The number of H-pyrrole nitrogens is 1. The fourth-order valence-electron chi connectivity index (χ4n) is 3.08. The average Bonchev–Trinajstić information content (AvgIpc) is 3.34. The van der Waals surface area contributed by atoms with Crippen molar-refractivity contribution in [2.75, 3.05) is 5.32 Å². The predicted octanol–water partition coefficient (Wildman–Crippen LogP) is 4.08. The summed E-state index contributed by atoms with van der Waals surface area (Å²) in [5.41, 5.74) is 5.43. The summed E-state index contributed by atoms with van der Waals surface area (Å²) < 4.78 is 10.8. The van der Waals surface area contributed by atoms with Gasteiger partial charge in [0.15, 0.2) is 11.7 Å². The zero-order valence-electron chi connectivity index (χ0n) is 16.7. The molecule has 1 atom stereocenters. The second kappa shape index (κ2) is 7.82. The molecule has 152 valence electrons. The second-order valence-corrected chi connectivity index (χ2v) is 6.96. The van der Waals surface area contributed by atoms with Gasteiger partial charge in [0.2, 0.25) is 5.89 Å². The number of aryl methyl sites for hydroxylation is 1. The Morgan fingerprint density at radius 1 is 1.17 bits per heavy atom. The molecule has 30 heavy (non-hydrogen) atoms. The van der Waals surface area contributed by atoms with Gasteiger partial charge in [-0.25, -0.2) is 4.98 Å². The molecule has 0 saturated heterocycles. The van der Waals surface area contributed by atoms with Crippen LogP contribution in [0.3, 0.4) is 0 Å². The molecular formula is C22H20N4O4. The second-order valence-electron chi connectivity index (χ2n) is 6.96. The van der Waals surface area contributed by atoms with Crippen LogP contribution in [0.2, 0.25) is 0 Å². The number of anilines is 1. The van der Waals surface area contributed by atoms with Crippen LogP contribution in [0, 0.1) is 6.92 Å². The van der Waals surface area contributed by atoms with Gasteiger partial charge in [-0.2, -0.15) is 5.10 Å². The molecule has 0 bridgehead atoms. The Kier molecular flexibility index (Phi) is 5.05. The first kappa shape index (κ1) is 19.4. The summed E-state index contributed by atoms with van der Waals surface area (Å²) in [5, 5.41) is 9.91. The summed E-state index contributed by atoms with van der Waals surface area (Å²) in [6, 6.07) is 13.0. The number of aromatic amines is 1. The number of esters is 1. The molecule has 2 heterocycles. The lowest BCUT2D eigenvalue weighted by molar-refractivity contribution is -0.150. The van der Waals surface area contributed by atoms with Crippen molar-refractivity contribution in [1.29, 1.82) is 0 Å². The number of carbonyl (C=O) groups excluding carboxylic acids is 2. The molecule has 4 aromatic rings. The number of hydrogen-bond acceptors (Lipinski definition) is 6. The van der Waals surface area contributed by atoms with Crippen molar-refractivity contribution in [3.63, 3.8) is 0 Å². The van der Waals surface area contributed by atoms with Crippen LogP contribution >= 0.6 is 0 Å². The van der Waals surface area contributed by atoms with E-state index in [1.165, 1.54) is 13.8 Å². The molecule has 2 aromatic heterocycles. The van der Waals surface area contributed by atoms with E-state index in [2.05, 4.69) is 20.5 Å². The van der Waals surface area contributed by atoms with Crippen LogP contribution in [-0.4, -0.2) is 33.2 Å². The molecule has 0 spiro atoms. The summed E-state index contributed by atoms with van der Waals surface area (Å²) in [4.78, 5) is 27.6. The third-order valence-corrected chi connectivity index (χ3v) is 4.55. The molecule has 0 aliphatic carbocycles. The van der Waals surface area contributed by atoms with E-state index in [1.807, 2.05) is 37.3 Å². The number of carbonyl (C=O) groups is 2. The third-order valence-electron chi connectivity index (χ3n) is 4.55. The van der Waals surface area contributed by atoms with Gasteiger partial charge in [0.05, 0.1) is 5.56 Å². The number of ether oxygens (including phenoxy) is 1. The number of aromatic nitrogens is 3. The molecule has 0 saturated carbocycles. The molecule has 2 N–H and O–H groups in total. The average molecular weight is 404 g/mol. The van der Waals surface area contributed by atoms with E-state index in [-0.39, 0.29) is 0 Å². The van der Waals surface area contributed by atoms with Crippen LogP contribution in [0.15, 0.2) is 53.1 Å². The normalized spacial score (nSPS) is 12.0. The van der Waals surface area contributed by atoms with Crippen LogP contribution in [0.1, 0.15) is 19.4 Å². The van der Waals surface area contributed by atoms with Crippen molar-refractivity contribution >= 4 is 28.7 Å². The SMILES string of the molecule is CC(=O)OC(C)C(=O)Nc1ccc(-c2n[nH]cc2-c2nc3ccc(C)cc3o2)cc1. The Bertz CT molecular complexity index is 1220. The van der Waals surface area contributed by atoms with Crippen LogP contribution in [0.5, 0.6) is 0 Å². The van der Waals surface area contributed by atoms with Crippen molar-refractivity contribution in [3.8, 4) is 22.7 Å². The van der Waals surface area contributed by atoms with Gasteiger partial charge in [-0.05, 0) is 43.7 Å². The highest BCUT2D eigenvalue weighted by Gasteiger charge is 2.18. The largest absolute Gasteiger partial charge is 0.453 e.